The summed E-state index contributed by atoms with van der Waals surface area (Å²) >= 11 is 0. The Bertz CT molecular complexity index is 2160. The lowest BCUT2D eigenvalue weighted by molar-refractivity contribution is -0.137. The molecule has 0 aliphatic carbocycles. The number of carbonyl (C=O) groups excluding carboxylic acids is 1. The smallest absolute Gasteiger partial charge is 0.416 e. The zero-order chi connectivity index (χ0) is 32.0. The molecule has 1 saturated heterocycles. The molecule has 12 heteroatoms. The molecule has 4 aromatic heterocycles. The number of amides is 1. The average Bonchev–Trinajstić information content (AvgIpc) is 3.70. The topological polar surface area (TPSA) is 108 Å². The Hall–Kier alpha value is -5.65. The minimum atomic E-state index is -4.57. The van der Waals surface area contributed by atoms with Gasteiger partial charge >= 0.3 is 12.3 Å². The Balaban J connectivity index is 1.25. The van der Waals surface area contributed by atoms with Crippen molar-refractivity contribution in [3.63, 3.8) is 0 Å². The number of likely N-dealkylation sites (tertiary alicyclic amines) is 1. The molecule has 1 fully saturated rings. The lowest BCUT2D eigenvalue weighted by Gasteiger charge is -2.23. The number of anilines is 1. The van der Waals surface area contributed by atoms with Gasteiger partial charge in [-0.25, -0.2) is 14.8 Å². The van der Waals surface area contributed by atoms with Crippen LogP contribution in [0.1, 0.15) is 35.8 Å². The predicted octanol–water partition coefficient (Wildman–Crippen LogP) is 6.78. The van der Waals surface area contributed by atoms with Crippen LogP contribution in [0.15, 0.2) is 102 Å². The second kappa shape index (κ2) is 11.4. The molecule has 5 heterocycles. The van der Waals surface area contributed by atoms with Gasteiger partial charge in [-0.1, -0.05) is 36.4 Å². The van der Waals surface area contributed by atoms with E-state index in [9.17, 15) is 22.8 Å². The van der Waals surface area contributed by atoms with E-state index in [1.54, 1.807) is 35.2 Å². The normalized spacial score (nSPS) is 15.1. The van der Waals surface area contributed by atoms with E-state index in [1.807, 2.05) is 47.0 Å². The maximum Gasteiger partial charge on any atom is 0.416 e. The van der Waals surface area contributed by atoms with Crippen LogP contribution in [-0.2, 0) is 17.5 Å². The number of hydrogen-bond donors (Lipinski definition) is 1. The minimum Gasteiger partial charge on any atom is -0.445 e. The van der Waals surface area contributed by atoms with Crippen molar-refractivity contribution in [1.82, 2.24) is 23.8 Å². The van der Waals surface area contributed by atoms with Gasteiger partial charge in [-0.15, -0.1) is 0 Å². The summed E-state index contributed by atoms with van der Waals surface area (Å²) < 4.78 is 48.5. The van der Waals surface area contributed by atoms with E-state index in [-0.39, 0.29) is 18.5 Å². The molecule has 0 spiro atoms. The van der Waals surface area contributed by atoms with Crippen molar-refractivity contribution >= 4 is 28.1 Å². The van der Waals surface area contributed by atoms with Crippen LogP contribution in [-0.4, -0.2) is 36.5 Å². The Morgan fingerprint density at radius 2 is 1.83 bits per heavy atom. The third-order valence-corrected chi connectivity index (χ3v) is 8.21. The average molecular weight is 625 g/mol. The molecule has 9 nitrogen and oxygen atoms in total. The van der Waals surface area contributed by atoms with Gasteiger partial charge in [0, 0.05) is 36.1 Å². The summed E-state index contributed by atoms with van der Waals surface area (Å²) in [5.74, 6) is 0.504. The maximum absolute atomic E-state index is 13.4. The van der Waals surface area contributed by atoms with Crippen LogP contribution >= 0.6 is 0 Å². The Labute approximate surface area is 260 Å². The lowest BCUT2D eigenvalue weighted by atomic mass is 10.1. The van der Waals surface area contributed by atoms with Gasteiger partial charge < -0.3 is 10.5 Å². The number of pyridine rings is 3. The van der Waals surface area contributed by atoms with Gasteiger partial charge in [0.05, 0.1) is 28.5 Å². The highest BCUT2D eigenvalue weighted by Crippen LogP contribution is 2.38. The van der Waals surface area contributed by atoms with E-state index in [1.165, 1.54) is 6.20 Å². The molecule has 46 heavy (non-hydrogen) atoms. The maximum atomic E-state index is 13.4. The van der Waals surface area contributed by atoms with E-state index < -0.39 is 23.4 Å². The first-order valence-electron chi connectivity index (χ1n) is 14.6. The Morgan fingerprint density at radius 1 is 1.00 bits per heavy atom. The van der Waals surface area contributed by atoms with Crippen molar-refractivity contribution in [2.45, 2.75) is 31.7 Å². The fraction of sp³-hybridized carbons (Fsp3) is 0.176. The molecule has 0 radical (unpaired) electrons. The summed E-state index contributed by atoms with van der Waals surface area (Å²) in [6, 6.07) is 21.2. The summed E-state index contributed by atoms with van der Waals surface area (Å²) in [5, 5.41) is 0.861. The number of nitrogens with two attached hydrogens (primary N) is 1. The van der Waals surface area contributed by atoms with Gasteiger partial charge in [0.25, 0.3) is 5.56 Å². The molecule has 6 aromatic rings. The largest absolute Gasteiger partial charge is 0.445 e. The van der Waals surface area contributed by atoms with Gasteiger partial charge in [0.2, 0.25) is 0 Å². The molecule has 2 aromatic carbocycles. The highest BCUT2D eigenvalue weighted by Gasteiger charge is 2.35. The quantitative estimate of drug-likeness (QED) is 0.227. The summed E-state index contributed by atoms with van der Waals surface area (Å²) in [5.41, 5.74) is 8.34. The Kier molecular flexibility index (Phi) is 7.19. The third-order valence-electron chi connectivity index (χ3n) is 8.21. The van der Waals surface area contributed by atoms with E-state index >= 15 is 0 Å². The number of imidazole rings is 1. The van der Waals surface area contributed by atoms with Crippen LogP contribution in [0.3, 0.4) is 0 Å². The number of fused-ring (bicyclic) bond motifs is 2. The van der Waals surface area contributed by atoms with Crippen LogP contribution in [0, 0.1) is 0 Å². The molecule has 232 valence electrons. The molecule has 1 amide bonds. The van der Waals surface area contributed by atoms with Gasteiger partial charge in [-0.2, -0.15) is 13.2 Å². The first kappa shape index (κ1) is 29.1. The number of carbonyl (C=O) groups is 1. The number of ether oxygens (including phenoxy) is 1. The third kappa shape index (κ3) is 5.21. The fourth-order valence-electron chi connectivity index (χ4n) is 5.98. The van der Waals surface area contributed by atoms with E-state index in [2.05, 4.69) is 4.98 Å². The standard InChI is InChI=1S/C34H27F3N6O3/c35-34(36,37)24-12-14-39-28(19-24)42-17-13-22-18-23(10-11-25(22)32(42)44)29-30-26(38)8-4-16-43(30)31(40-29)27-9-5-15-41(27)33(45)46-20-21-6-2-1-3-7-21/h1-4,6-8,10-14,16-19,27H,5,9,15,20,38H2. The van der Waals surface area contributed by atoms with E-state index in [4.69, 9.17) is 15.5 Å². The first-order chi connectivity index (χ1) is 22.2. The van der Waals surface area contributed by atoms with E-state index in [0.717, 1.165) is 34.9 Å². The molecule has 0 bridgehead atoms. The highest BCUT2D eigenvalue weighted by molar-refractivity contribution is 5.92. The molecule has 1 aliphatic heterocycles. The van der Waals surface area contributed by atoms with Crippen molar-refractivity contribution < 1.29 is 22.7 Å². The van der Waals surface area contributed by atoms with Crippen molar-refractivity contribution in [3.05, 3.63) is 125 Å². The molecular weight excluding hydrogens is 597 g/mol. The van der Waals surface area contributed by atoms with Crippen molar-refractivity contribution in [2.24, 2.45) is 0 Å². The van der Waals surface area contributed by atoms with Crippen molar-refractivity contribution in [3.8, 4) is 17.1 Å². The van der Waals surface area contributed by atoms with Crippen LogP contribution in [0.5, 0.6) is 0 Å². The Morgan fingerprint density at radius 3 is 2.63 bits per heavy atom. The molecule has 1 aliphatic rings. The second-order valence-corrected chi connectivity index (χ2v) is 11.1. The number of nitrogens with zero attached hydrogens (tertiary/aromatic N) is 5. The zero-order valence-corrected chi connectivity index (χ0v) is 24.3. The number of benzene rings is 2. The van der Waals surface area contributed by atoms with Crippen LogP contribution in [0.4, 0.5) is 23.7 Å². The van der Waals surface area contributed by atoms with Crippen LogP contribution in [0.2, 0.25) is 0 Å². The van der Waals surface area contributed by atoms with Gasteiger partial charge in [0.15, 0.2) is 0 Å². The van der Waals surface area contributed by atoms with Crippen LogP contribution < -0.4 is 11.3 Å². The summed E-state index contributed by atoms with van der Waals surface area (Å²) in [7, 11) is 0. The van der Waals surface area contributed by atoms with Crippen molar-refractivity contribution in [2.75, 3.05) is 12.3 Å². The van der Waals surface area contributed by atoms with Gasteiger partial charge in [-0.3, -0.25) is 18.7 Å². The summed E-state index contributed by atoms with van der Waals surface area (Å²) in [6.07, 6.45) is 0.753. The number of nitrogen functional groups attached to an aromatic ring is 1. The SMILES string of the molecule is Nc1cccn2c(C3CCCN3C(=O)OCc3ccccc3)nc(-c3ccc4c(=O)n(-c5cc(C(F)(F)F)ccn5)ccc4c3)c12. The van der Waals surface area contributed by atoms with Crippen molar-refractivity contribution in [1.29, 1.82) is 0 Å². The van der Waals surface area contributed by atoms with Crippen LogP contribution in [0.25, 0.3) is 33.4 Å². The predicted molar refractivity (Wildman–Crippen MR) is 166 cm³/mol. The lowest BCUT2D eigenvalue weighted by Crippen LogP contribution is -2.32. The number of aromatic nitrogens is 4. The number of hydrogen-bond acceptors (Lipinski definition) is 6. The fourth-order valence-corrected chi connectivity index (χ4v) is 5.98. The number of alkyl halides is 3. The number of halogens is 3. The molecule has 1 unspecified atom stereocenters. The molecule has 0 saturated carbocycles. The number of rotatable bonds is 5. The summed E-state index contributed by atoms with van der Waals surface area (Å²) in [4.78, 5) is 37.3. The highest BCUT2D eigenvalue weighted by atomic mass is 19.4. The van der Waals surface area contributed by atoms with E-state index in [0.29, 0.717) is 52.0 Å². The minimum absolute atomic E-state index is 0.133. The first-order valence-corrected chi connectivity index (χ1v) is 14.6. The van der Waals surface area contributed by atoms with Gasteiger partial charge in [0.1, 0.15) is 18.2 Å². The van der Waals surface area contributed by atoms with Gasteiger partial charge in [-0.05, 0) is 66.3 Å². The summed E-state index contributed by atoms with van der Waals surface area (Å²) in [6.45, 7) is 0.680. The second-order valence-electron chi connectivity index (χ2n) is 11.1. The zero-order valence-electron chi connectivity index (χ0n) is 24.3. The molecule has 2 N–H and O–H groups in total. The monoisotopic (exact) mass is 624 g/mol. The molecular formula is C34H27F3N6O3. The molecule has 1 atom stereocenters. The molecule has 7 rings (SSSR count).